The van der Waals surface area contributed by atoms with Gasteiger partial charge >= 0.3 is 6.09 Å². The highest BCUT2D eigenvalue weighted by Gasteiger charge is 2.34. The Kier molecular flexibility index (Phi) is 19.6. The van der Waals surface area contributed by atoms with Gasteiger partial charge in [0.05, 0.1) is 18.6 Å². The summed E-state index contributed by atoms with van der Waals surface area (Å²) in [5, 5.41) is 8.90. The lowest BCUT2D eigenvalue weighted by Crippen LogP contribution is -2.59. The minimum absolute atomic E-state index is 0.182. The molecule has 2 aliphatic heterocycles. The zero-order valence-corrected chi connectivity index (χ0v) is 31.6. The first-order valence-electron chi connectivity index (χ1n) is 18.5. The number of nitrogens with zero attached hydrogens (tertiary/aromatic N) is 3. The van der Waals surface area contributed by atoms with Crippen molar-refractivity contribution in [3.05, 3.63) is 36.0 Å². The Morgan fingerprint density at radius 1 is 0.922 bits per heavy atom. The summed E-state index contributed by atoms with van der Waals surface area (Å²) in [6.45, 7) is 9.36. The molecular formula is C38H60N6O7. The van der Waals surface area contributed by atoms with E-state index in [0.717, 1.165) is 48.7 Å². The quantitative estimate of drug-likeness (QED) is 0.291. The number of likely N-dealkylation sites (N-methyl/N-ethyl adjacent to an activating group) is 1. The van der Waals surface area contributed by atoms with Crippen molar-refractivity contribution >= 4 is 46.4 Å². The average Bonchev–Trinajstić information content (AvgIpc) is 3.47. The zero-order valence-electron chi connectivity index (χ0n) is 31.6. The molecule has 4 amide bonds. The molecule has 51 heavy (non-hydrogen) atoms. The number of piperidine rings is 1. The third kappa shape index (κ3) is 14.9. The number of ketones is 1. The van der Waals surface area contributed by atoms with Crippen molar-refractivity contribution in [2.45, 2.75) is 110 Å². The molecule has 1 aromatic carbocycles. The highest BCUT2D eigenvalue weighted by molar-refractivity contribution is 5.95. The van der Waals surface area contributed by atoms with Crippen molar-refractivity contribution in [1.29, 1.82) is 0 Å². The number of fused-ring (bicyclic) bond motifs is 2. The number of unbranched alkanes of at least 4 members (excludes halogenated alkanes) is 3. The number of rotatable bonds is 11. The van der Waals surface area contributed by atoms with E-state index in [2.05, 4.69) is 29.8 Å². The van der Waals surface area contributed by atoms with Crippen LogP contribution in [-0.2, 0) is 28.7 Å². The molecule has 1 unspecified atom stereocenters. The Hall–Kier alpha value is -4.26. The van der Waals surface area contributed by atoms with Crippen molar-refractivity contribution in [2.24, 2.45) is 0 Å². The lowest BCUT2D eigenvalue weighted by Gasteiger charge is -2.36. The Morgan fingerprint density at radius 2 is 1.65 bits per heavy atom. The van der Waals surface area contributed by atoms with E-state index in [9.17, 15) is 28.8 Å². The SMILES string of the molecule is CCC(=O)CCCCC[C@@H]1NC(=O)C2CCCCN2C(=O)CNC(=O)CNC1=O.CCCC.Cc1cn(C(=O)OCCN(C)C)c2ccccc12. The third-order valence-corrected chi connectivity index (χ3v) is 8.83. The van der Waals surface area contributed by atoms with Crippen LogP contribution in [0.3, 0.4) is 0 Å². The fourth-order valence-corrected chi connectivity index (χ4v) is 5.58. The standard InChI is InChI=1S/C20H32N4O5.C14H18N2O2.C4H10/c1-2-14(25)8-4-3-5-9-15-19(28)22-12-17(26)21-13-18(27)24-11-7-6-10-16(24)20(29)23-15;1-11-10-16(13-7-5-4-6-12(11)13)14(17)18-9-8-15(2)3;1-3-4-2/h15-16H,2-13H2,1H3,(H,21,26)(H,22,28)(H,23,29);4-7,10H,8-9H2,1-3H3;3-4H2,1-2H3/t15-,16?;;/m0../s1. The van der Waals surface area contributed by atoms with E-state index in [1.807, 2.05) is 63.3 Å². The van der Waals surface area contributed by atoms with Gasteiger partial charge in [-0.05, 0) is 64.8 Å². The Labute approximate surface area is 303 Å². The van der Waals surface area contributed by atoms with Crippen molar-refractivity contribution < 1.29 is 33.5 Å². The second kappa shape index (κ2) is 23.3. The Morgan fingerprint density at radius 3 is 2.33 bits per heavy atom. The van der Waals surface area contributed by atoms with Gasteiger partial charge in [-0.1, -0.05) is 64.7 Å². The number of carbonyl (C=O) groups is 6. The molecule has 0 aliphatic carbocycles. The summed E-state index contributed by atoms with van der Waals surface area (Å²) in [5.41, 5.74) is 1.97. The van der Waals surface area contributed by atoms with Gasteiger partial charge in [0.25, 0.3) is 0 Å². The first-order valence-corrected chi connectivity index (χ1v) is 18.5. The molecular weight excluding hydrogens is 652 g/mol. The summed E-state index contributed by atoms with van der Waals surface area (Å²) in [5.74, 6) is -1.25. The van der Waals surface area contributed by atoms with Crippen LogP contribution >= 0.6 is 0 Å². The second-order valence-corrected chi connectivity index (χ2v) is 13.3. The largest absolute Gasteiger partial charge is 0.448 e. The summed E-state index contributed by atoms with van der Waals surface area (Å²) in [6.07, 6.45) is 10.00. The van der Waals surface area contributed by atoms with Crippen LogP contribution in [0.5, 0.6) is 0 Å². The third-order valence-electron chi connectivity index (χ3n) is 8.83. The van der Waals surface area contributed by atoms with E-state index in [1.165, 1.54) is 17.7 Å². The van der Waals surface area contributed by atoms with Gasteiger partial charge in [0.15, 0.2) is 0 Å². The number of aromatic nitrogens is 1. The van der Waals surface area contributed by atoms with Crippen LogP contribution in [0.25, 0.3) is 10.9 Å². The maximum atomic E-state index is 12.8. The van der Waals surface area contributed by atoms with Gasteiger partial charge in [-0.25, -0.2) is 4.79 Å². The number of benzene rings is 1. The van der Waals surface area contributed by atoms with Crippen LogP contribution in [0, 0.1) is 6.92 Å². The first-order chi connectivity index (χ1) is 24.4. The topological polar surface area (TPSA) is 159 Å². The van der Waals surface area contributed by atoms with Gasteiger partial charge < -0.3 is 30.5 Å². The summed E-state index contributed by atoms with van der Waals surface area (Å²) >= 11 is 0. The van der Waals surface area contributed by atoms with E-state index in [-0.39, 0.29) is 36.8 Å². The number of hydrogen-bond donors (Lipinski definition) is 3. The lowest BCUT2D eigenvalue weighted by atomic mass is 9.99. The fourth-order valence-electron chi connectivity index (χ4n) is 5.58. The van der Waals surface area contributed by atoms with Gasteiger partial charge in [-0.3, -0.25) is 28.5 Å². The molecule has 0 radical (unpaired) electrons. The Bertz CT molecular complexity index is 1440. The minimum Gasteiger partial charge on any atom is -0.448 e. The van der Waals surface area contributed by atoms with Gasteiger partial charge in [-0.2, -0.15) is 0 Å². The normalized spacial score (nSPS) is 18.1. The number of carbonyl (C=O) groups excluding carboxylic acids is 6. The van der Waals surface area contributed by atoms with Crippen molar-refractivity contribution in [3.63, 3.8) is 0 Å². The zero-order chi connectivity index (χ0) is 37.8. The highest BCUT2D eigenvalue weighted by Crippen LogP contribution is 2.21. The Balaban J connectivity index is 0.000000347. The molecule has 2 atom stereocenters. The van der Waals surface area contributed by atoms with Gasteiger partial charge in [0, 0.05) is 37.5 Å². The van der Waals surface area contributed by atoms with Crippen molar-refractivity contribution in [3.8, 4) is 0 Å². The van der Waals surface area contributed by atoms with E-state index < -0.39 is 23.9 Å². The number of hydrogen-bond acceptors (Lipinski definition) is 8. The fraction of sp³-hybridized carbons (Fsp3) is 0.632. The van der Waals surface area contributed by atoms with Crippen LogP contribution in [0.15, 0.2) is 30.5 Å². The number of ether oxygens (including phenoxy) is 1. The minimum atomic E-state index is -0.768. The molecule has 2 aromatic rings. The molecule has 2 aliphatic rings. The molecule has 2 saturated heterocycles. The molecule has 3 N–H and O–H groups in total. The molecule has 2 fully saturated rings. The predicted octanol–water partition coefficient (Wildman–Crippen LogP) is 4.33. The molecule has 3 heterocycles. The van der Waals surface area contributed by atoms with Crippen molar-refractivity contribution in [1.82, 2.24) is 30.3 Å². The van der Waals surface area contributed by atoms with Gasteiger partial charge in [0.1, 0.15) is 24.5 Å². The molecule has 13 heteroatoms. The van der Waals surface area contributed by atoms with Gasteiger partial charge in [0.2, 0.25) is 23.6 Å². The summed E-state index contributed by atoms with van der Waals surface area (Å²) < 4.78 is 6.81. The van der Waals surface area contributed by atoms with Crippen LogP contribution in [0.2, 0.25) is 0 Å². The second-order valence-electron chi connectivity index (χ2n) is 13.3. The smallest absolute Gasteiger partial charge is 0.418 e. The van der Waals surface area contributed by atoms with Crippen LogP contribution in [0.1, 0.15) is 97.0 Å². The molecule has 0 bridgehead atoms. The number of nitrogens with one attached hydrogen (secondary N) is 3. The van der Waals surface area contributed by atoms with E-state index >= 15 is 0 Å². The van der Waals surface area contributed by atoms with Crippen molar-refractivity contribution in [2.75, 3.05) is 46.9 Å². The first kappa shape index (κ1) is 42.9. The number of amides is 4. The van der Waals surface area contributed by atoms with E-state index in [1.54, 1.807) is 4.57 Å². The number of Topliss-reactive ketones (excluding diaryl/α,β-unsaturated/α-hetero) is 1. The van der Waals surface area contributed by atoms with Crippen LogP contribution in [0.4, 0.5) is 4.79 Å². The van der Waals surface area contributed by atoms with E-state index in [0.29, 0.717) is 45.3 Å². The maximum absolute atomic E-state index is 12.8. The summed E-state index contributed by atoms with van der Waals surface area (Å²) in [7, 11) is 3.89. The van der Waals surface area contributed by atoms with Gasteiger partial charge in [-0.15, -0.1) is 0 Å². The molecule has 0 saturated carbocycles. The van der Waals surface area contributed by atoms with E-state index in [4.69, 9.17) is 4.74 Å². The average molecular weight is 713 g/mol. The van der Waals surface area contributed by atoms with Crippen LogP contribution < -0.4 is 16.0 Å². The van der Waals surface area contributed by atoms with Crippen LogP contribution in [-0.4, -0.2) is 109 Å². The summed E-state index contributed by atoms with van der Waals surface area (Å²) in [4.78, 5) is 76.5. The molecule has 284 valence electrons. The maximum Gasteiger partial charge on any atom is 0.418 e. The monoisotopic (exact) mass is 712 g/mol. The number of aryl methyl sites for hydroxylation is 1. The number of para-hydroxylation sites is 1. The summed E-state index contributed by atoms with van der Waals surface area (Å²) in [6, 6.07) is 6.44. The molecule has 0 spiro atoms. The molecule has 1 aromatic heterocycles. The predicted molar refractivity (Wildman–Crippen MR) is 198 cm³/mol. The lowest BCUT2D eigenvalue weighted by molar-refractivity contribution is -0.143. The molecule has 4 rings (SSSR count). The molecule has 13 nitrogen and oxygen atoms in total. The highest BCUT2D eigenvalue weighted by atomic mass is 16.5.